The van der Waals surface area contributed by atoms with Gasteiger partial charge in [-0.25, -0.2) is 0 Å². The molecule has 4 aliphatic rings. The second kappa shape index (κ2) is 16.6. The quantitative estimate of drug-likeness (QED) is 0.238. The maximum atomic E-state index is 5.39. The molecule has 4 heteroatoms. The Morgan fingerprint density at radius 3 is 1.50 bits per heavy atom. The van der Waals surface area contributed by atoms with Gasteiger partial charge in [-0.2, -0.15) is 0 Å². The van der Waals surface area contributed by atoms with Crippen molar-refractivity contribution in [3.05, 3.63) is 24.3 Å². The standard InChI is InChI=1S/2C7H14O.C7H12O.C7H11O/c4*1-6-4-3-5-8-7(6)2/h2*6-7H,3-5H2,1-2H3;3-4,6-7H,5H2,1-2H3;3-7H,1-2H3/q;;;+1. The maximum Gasteiger partial charge on any atom is 0.308 e. The van der Waals surface area contributed by atoms with Crippen LogP contribution in [-0.2, 0) is 18.6 Å². The molecule has 2 saturated heterocycles. The molecular formula is C28H51O4+. The molecule has 8 unspecified atom stereocenters. The molecule has 0 spiro atoms. The Balaban J connectivity index is 0.000000213. The fourth-order valence-corrected chi connectivity index (χ4v) is 3.60. The molecule has 0 N–H and O–H groups in total. The van der Waals surface area contributed by atoms with Gasteiger partial charge < -0.3 is 14.2 Å². The molecule has 0 bridgehead atoms. The minimum atomic E-state index is 0.361. The first-order chi connectivity index (χ1) is 15.2. The number of ether oxygens (including phenoxy) is 3. The molecule has 0 amide bonds. The van der Waals surface area contributed by atoms with Crippen LogP contribution in [-0.4, -0.2) is 50.5 Å². The van der Waals surface area contributed by atoms with Crippen molar-refractivity contribution in [3.63, 3.8) is 0 Å². The van der Waals surface area contributed by atoms with E-state index in [-0.39, 0.29) is 0 Å². The van der Waals surface area contributed by atoms with Crippen molar-refractivity contribution in [1.29, 1.82) is 0 Å². The first-order valence-corrected chi connectivity index (χ1v) is 12.9. The molecule has 0 radical (unpaired) electrons. The van der Waals surface area contributed by atoms with Crippen LogP contribution in [0.15, 0.2) is 24.3 Å². The zero-order valence-corrected chi connectivity index (χ0v) is 22.1. The Kier molecular flexibility index (Phi) is 15.1. The zero-order chi connectivity index (χ0) is 23.9. The van der Waals surface area contributed by atoms with Gasteiger partial charge in [0.2, 0.25) is 0 Å². The lowest BCUT2D eigenvalue weighted by Crippen LogP contribution is -2.23. The van der Waals surface area contributed by atoms with Crippen LogP contribution in [0.3, 0.4) is 0 Å². The van der Waals surface area contributed by atoms with Crippen molar-refractivity contribution in [3.8, 4) is 0 Å². The topological polar surface area (TPSA) is 39.0 Å². The molecule has 32 heavy (non-hydrogen) atoms. The predicted octanol–water partition coefficient (Wildman–Crippen LogP) is 6.56. The van der Waals surface area contributed by atoms with Gasteiger partial charge in [-0.3, -0.25) is 4.42 Å². The summed E-state index contributed by atoms with van der Waals surface area (Å²) in [6.45, 7) is 20.1. The molecule has 4 rings (SSSR count). The van der Waals surface area contributed by atoms with E-state index >= 15 is 0 Å². The van der Waals surface area contributed by atoms with E-state index in [1.807, 2.05) is 6.08 Å². The molecular weight excluding hydrogens is 400 g/mol. The van der Waals surface area contributed by atoms with Crippen LogP contribution in [0.1, 0.15) is 81.1 Å². The van der Waals surface area contributed by atoms with Gasteiger partial charge in [-0.1, -0.05) is 39.0 Å². The first kappa shape index (κ1) is 29.1. The Morgan fingerprint density at radius 1 is 0.656 bits per heavy atom. The van der Waals surface area contributed by atoms with Gasteiger partial charge in [0.15, 0.2) is 0 Å². The molecule has 0 aromatic heterocycles. The lowest BCUT2D eigenvalue weighted by Gasteiger charge is -2.25. The summed E-state index contributed by atoms with van der Waals surface area (Å²) in [4.78, 5) is 0. The SMILES string of the molecule is CC1C=CC=[O+]C1C.CC1C=CCOC1C.CC1CCCOC1C.CC1CCCOC1C. The highest BCUT2D eigenvalue weighted by Crippen LogP contribution is 2.19. The predicted molar refractivity (Wildman–Crippen MR) is 135 cm³/mol. The molecule has 2 fully saturated rings. The molecule has 186 valence electrons. The first-order valence-electron chi connectivity index (χ1n) is 12.9. The summed E-state index contributed by atoms with van der Waals surface area (Å²) in [5.41, 5.74) is 0. The largest absolute Gasteiger partial charge is 0.378 e. The number of aldehydes is 1. The summed E-state index contributed by atoms with van der Waals surface area (Å²) < 4.78 is 21.3. The van der Waals surface area contributed by atoms with Gasteiger partial charge in [0.1, 0.15) is 0 Å². The minimum absolute atomic E-state index is 0.361. The van der Waals surface area contributed by atoms with E-state index < -0.39 is 0 Å². The second-order valence-electron chi connectivity index (χ2n) is 9.94. The number of allylic oxidation sites excluding steroid dienone is 1. The van der Waals surface area contributed by atoms with Crippen LogP contribution >= 0.6 is 0 Å². The lowest BCUT2D eigenvalue weighted by atomic mass is 9.98. The Labute approximate surface area is 198 Å². The lowest BCUT2D eigenvalue weighted by molar-refractivity contribution is -0.501. The minimum Gasteiger partial charge on any atom is -0.378 e. The monoisotopic (exact) mass is 451 g/mol. The molecule has 0 aromatic carbocycles. The molecule has 4 aliphatic heterocycles. The Bertz CT molecular complexity index is 500. The summed E-state index contributed by atoms with van der Waals surface area (Å²) in [7, 11) is 0. The third-order valence-electron chi connectivity index (χ3n) is 7.13. The van der Waals surface area contributed by atoms with E-state index in [2.05, 4.69) is 73.6 Å². The fraction of sp³-hybridized carbons (Fsp3) is 0.821. The fourth-order valence-electron chi connectivity index (χ4n) is 3.60. The summed E-state index contributed by atoms with van der Waals surface area (Å²) >= 11 is 0. The van der Waals surface area contributed by atoms with E-state index in [1.165, 1.54) is 25.7 Å². The van der Waals surface area contributed by atoms with Crippen molar-refractivity contribution in [2.24, 2.45) is 23.7 Å². The highest BCUT2D eigenvalue weighted by atomic mass is 16.5. The van der Waals surface area contributed by atoms with Gasteiger partial charge in [-0.05, 0) is 65.2 Å². The zero-order valence-electron chi connectivity index (χ0n) is 22.1. The molecule has 4 heterocycles. The van der Waals surface area contributed by atoms with Crippen molar-refractivity contribution in [1.82, 2.24) is 0 Å². The van der Waals surface area contributed by atoms with Gasteiger partial charge in [0, 0.05) is 32.1 Å². The average molecular weight is 452 g/mol. The van der Waals surface area contributed by atoms with Crippen molar-refractivity contribution >= 4 is 6.29 Å². The molecule has 0 aliphatic carbocycles. The molecule has 0 saturated carbocycles. The highest BCUT2D eigenvalue weighted by Gasteiger charge is 2.19. The number of carbonyl (C=O) groups excluding carboxylic acids is 1. The van der Waals surface area contributed by atoms with E-state index in [0.29, 0.717) is 36.3 Å². The number of hydrogen-bond acceptors (Lipinski definition) is 3. The summed E-state index contributed by atoms with van der Waals surface area (Å²) in [5.74, 6) is 2.73. The Morgan fingerprint density at radius 2 is 1.22 bits per heavy atom. The van der Waals surface area contributed by atoms with E-state index in [9.17, 15) is 0 Å². The highest BCUT2D eigenvalue weighted by molar-refractivity contribution is 5.65. The van der Waals surface area contributed by atoms with Crippen LogP contribution in [0, 0.1) is 23.7 Å². The van der Waals surface area contributed by atoms with Crippen molar-refractivity contribution < 1.29 is 18.6 Å². The van der Waals surface area contributed by atoms with E-state index in [1.54, 1.807) is 6.29 Å². The summed E-state index contributed by atoms with van der Waals surface area (Å²) in [6, 6.07) is 0. The van der Waals surface area contributed by atoms with Gasteiger partial charge in [0.05, 0.1) is 30.8 Å². The number of hydrogen-bond donors (Lipinski definition) is 0. The third kappa shape index (κ3) is 12.3. The maximum absolute atomic E-state index is 5.39. The molecule has 0 aromatic rings. The Hall–Kier alpha value is -0.970. The third-order valence-corrected chi connectivity index (χ3v) is 7.13. The average Bonchev–Trinajstić information content (AvgIpc) is 2.78. The van der Waals surface area contributed by atoms with Crippen LogP contribution in [0.25, 0.3) is 0 Å². The second-order valence-corrected chi connectivity index (χ2v) is 9.94. The van der Waals surface area contributed by atoms with Crippen molar-refractivity contribution in [2.45, 2.75) is 105 Å². The molecule has 4 nitrogen and oxygen atoms in total. The van der Waals surface area contributed by atoms with Crippen LogP contribution in [0.5, 0.6) is 0 Å². The van der Waals surface area contributed by atoms with E-state index in [0.717, 1.165) is 31.7 Å². The van der Waals surface area contributed by atoms with Crippen LogP contribution in [0.4, 0.5) is 0 Å². The number of rotatable bonds is 0. The van der Waals surface area contributed by atoms with Gasteiger partial charge in [0.25, 0.3) is 6.10 Å². The van der Waals surface area contributed by atoms with Gasteiger partial charge in [-0.15, -0.1) is 0 Å². The van der Waals surface area contributed by atoms with Gasteiger partial charge >= 0.3 is 6.29 Å². The summed E-state index contributed by atoms with van der Waals surface area (Å²) in [6.07, 6.45) is 17.1. The molecule has 8 atom stereocenters. The smallest absolute Gasteiger partial charge is 0.308 e. The van der Waals surface area contributed by atoms with Crippen molar-refractivity contribution in [2.75, 3.05) is 19.8 Å². The van der Waals surface area contributed by atoms with Crippen LogP contribution in [0.2, 0.25) is 0 Å². The van der Waals surface area contributed by atoms with Crippen LogP contribution < -0.4 is 0 Å². The van der Waals surface area contributed by atoms with E-state index in [4.69, 9.17) is 18.6 Å². The normalized spacial score (nSPS) is 38.2. The summed E-state index contributed by atoms with van der Waals surface area (Å²) in [5, 5.41) is 0.